The Bertz CT molecular complexity index is 580. The van der Waals surface area contributed by atoms with Gasteiger partial charge in [0.25, 0.3) is 0 Å². The van der Waals surface area contributed by atoms with Gasteiger partial charge in [-0.2, -0.15) is 4.31 Å². The Morgan fingerprint density at radius 3 is 2.38 bits per heavy atom. The van der Waals surface area contributed by atoms with E-state index in [0.29, 0.717) is 30.8 Å². The van der Waals surface area contributed by atoms with E-state index in [2.05, 4.69) is 0 Å². The average molecular weight is 312 g/mol. The third-order valence-corrected chi connectivity index (χ3v) is 5.79. The highest BCUT2D eigenvalue weighted by atomic mass is 32.2. The van der Waals surface area contributed by atoms with Crippen molar-refractivity contribution in [2.24, 2.45) is 0 Å². The predicted molar refractivity (Wildman–Crippen MR) is 78.1 cm³/mol. The van der Waals surface area contributed by atoms with Crippen molar-refractivity contribution in [3.05, 3.63) is 30.3 Å². The molecule has 0 atom stereocenters. The first-order valence-electron chi connectivity index (χ1n) is 6.88. The Kier molecular flexibility index (Phi) is 4.97. The first-order chi connectivity index (χ1) is 9.96. The fourth-order valence-electron chi connectivity index (χ4n) is 2.53. The standard InChI is InChI=1S/C14H20N2O4S/c1-15(14(18)11-17)12-7-9-16(10-8-12)21(19,20)13-5-3-2-4-6-13/h2-6,12,17H,7-11H2,1H3. The summed E-state index contributed by atoms with van der Waals surface area (Å²) in [4.78, 5) is 13.3. The zero-order valence-corrected chi connectivity index (χ0v) is 12.8. The number of hydrogen-bond donors (Lipinski definition) is 1. The van der Waals surface area contributed by atoms with Gasteiger partial charge in [0.15, 0.2) is 0 Å². The summed E-state index contributed by atoms with van der Waals surface area (Å²) in [6, 6.07) is 8.33. The second kappa shape index (κ2) is 6.55. The van der Waals surface area contributed by atoms with E-state index in [0.717, 1.165) is 0 Å². The van der Waals surface area contributed by atoms with Gasteiger partial charge in [-0.3, -0.25) is 4.79 Å². The molecule has 7 heteroatoms. The number of benzene rings is 1. The molecule has 0 unspecified atom stereocenters. The van der Waals surface area contributed by atoms with Crippen LogP contribution in [-0.2, 0) is 14.8 Å². The molecule has 1 saturated heterocycles. The summed E-state index contributed by atoms with van der Waals surface area (Å²) in [5.74, 6) is -0.334. The molecule has 0 saturated carbocycles. The SMILES string of the molecule is CN(C(=O)CO)C1CCN(S(=O)(=O)c2ccccc2)CC1. The second-order valence-electron chi connectivity index (χ2n) is 5.11. The van der Waals surface area contributed by atoms with Crippen molar-refractivity contribution in [1.82, 2.24) is 9.21 Å². The monoisotopic (exact) mass is 312 g/mol. The third kappa shape index (κ3) is 3.42. The molecule has 0 radical (unpaired) electrons. The zero-order chi connectivity index (χ0) is 15.5. The molecule has 0 aliphatic carbocycles. The number of likely N-dealkylation sites (N-methyl/N-ethyl adjacent to an activating group) is 1. The summed E-state index contributed by atoms with van der Waals surface area (Å²) < 4.78 is 26.4. The molecule has 0 spiro atoms. The minimum absolute atomic E-state index is 0.0214. The van der Waals surface area contributed by atoms with E-state index in [1.165, 1.54) is 9.21 Å². The van der Waals surface area contributed by atoms with E-state index in [-0.39, 0.29) is 11.9 Å². The maximum atomic E-state index is 12.5. The molecule has 0 bridgehead atoms. The highest BCUT2D eigenvalue weighted by Crippen LogP contribution is 2.22. The van der Waals surface area contributed by atoms with Gasteiger partial charge in [0.05, 0.1) is 4.90 Å². The van der Waals surface area contributed by atoms with Crippen LogP contribution >= 0.6 is 0 Å². The molecule has 1 aromatic rings. The molecular weight excluding hydrogens is 292 g/mol. The van der Waals surface area contributed by atoms with E-state index in [4.69, 9.17) is 5.11 Å². The molecule has 21 heavy (non-hydrogen) atoms. The summed E-state index contributed by atoms with van der Waals surface area (Å²) in [7, 11) is -1.81. The lowest BCUT2D eigenvalue weighted by Gasteiger charge is -2.35. The van der Waals surface area contributed by atoms with E-state index in [9.17, 15) is 13.2 Å². The lowest BCUT2D eigenvalue weighted by molar-refractivity contribution is -0.135. The van der Waals surface area contributed by atoms with Crippen molar-refractivity contribution >= 4 is 15.9 Å². The highest BCUT2D eigenvalue weighted by molar-refractivity contribution is 7.89. The molecule has 1 amide bonds. The Labute approximate surface area is 125 Å². The lowest BCUT2D eigenvalue weighted by Crippen LogP contribution is -2.47. The third-order valence-electron chi connectivity index (χ3n) is 3.88. The molecule has 116 valence electrons. The number of hydrogen-bond acceptors (Lipinski definition) is 4. The van der Waals surface area contributed by atoms with Gasteiger partial charge in [-0.25, -0.2) is 8.42 Å². The van der Waals surface area contributed by atoms with Crippen molar-refractivity contribution in [3.8, 4) is 0 Å². The minimum Gasteiger partial charge on any atom is -0.387 e. The van der Waals surface area contributed by atoms with Gasteiger partial charge in [-0.05, 0) is 25.0 Å². The molecule has 1 heterocycles. The predicted octanol–water partition coefficient (Wildman–Crippen LogP) is 0.290. The Hall–Kier alpha value is -1.44. The number of sulfonamides is 1. The van der Waals surface area contributed by atoms with E-state index < -0.39 is 16.6 Å². The second-order valence-corrected chi connectivity index (χ2v) is 7.05. The van der Waals surface area contributed by atoms with Crippen LogP contribution in [0.15, 0.2) is 35.2 Å². The first kappa shape index (κ1) is 15.9. The van der Waals surface area contributed by atoms with Gasteiger partial charge in [-0.15, -0.1) is 0 Å². The summed E-state index contributed by atoms with van der Waals surface area (Å²) >= 11 is 0. The number of piperidine rings is 1. The molecule has 1 aliphatic rings. The van der Waals surface area contributed by atoms with E-state index in [1.54, 1.807) is 37.4 Å². The Morgan fingerprint density at radius 1 is 1.29 bits per heavy atom. The molecule has 1 fully saturated rings. The number of aliphatic hydroxyl groups is 1. The number of carbonyl (C=O) groups is 1. The van der Waals surface area contributed by atoms with Crippen LogP contribution in [0.3, 0.4) is 0 Å². The quantitative estimate of drug-likeness (QED) is 0.867. The first-order valence-corrected chi connectivity index (χ1v) is 8.32. The van der Waals surface area contributed by atoms with Gasteiger partial charge in [0, 0.05) is 26.2 Å². The van der Waals surface area contributed by atoms with E-state index in [1.807, 2.05) is 0 Å². The van der Waals surface area contributed by atoms with Crippen molar-refractivity contribution in [1.29, 1.82) is 0 Å². The number of nitrogens with zero attached hydrogens (tertiary/aromatic N) is 2. The van der Waals surface area contributed by atoms with Crippen LogP contribution in [0.1, 0.15) is 12.8 Å². The number of amides is 1. The molecule has 0 aromatic heterocycles. The van der Waals surface area contributed by atoms with Crippen molar-refractivity contribution in [2.75, 3.05) is 26.7 Å². The fraction of sp³-hybridized carbons (Fsp3) is 0.500. The largest absolute Gasteiger partial charge is 0.387 e. The summed E-state index contributed by atoms with van der Waals surface area (Å²) in [6.07, 6.45) is 1.16. The van der Waals surface area contributed by atoms with Crippen molar-refractivity contribution < 1.29 is 18.3 Å². The zero-order valence-electron chi connectivity index (χ0n) is 12.0. The minimum atomic E-state index is -3.46. The number of rotatable bonds is 4. The number of carbonyl (C=O) groups excluding carboxylic acids is 1. The maximum Gasteiger partial charge on any atom is 0.248 e. The van der Waals surface area contributed by atoms with Crippen LogP contribution in [-0.4, -0.2) is 61.4 Å². The van der Waals surface area contributed by atoms with E-state index >= 15 is 0 Å². The van der Waals surface area contributed by atoms with Gasteiger partial charge in [-0.1, -0.05) is 18.2 Å². The molecule has 1 N–H and O–H groups in total. The van der Waals surface area contributed by atoms with Crippen LogP contribution in [0.4, 0.5) is 0 Å². The molecule has 2 rings (SSSR count). The van der Waals surface area contributed by atoms with Gasteiger partial charge in [0.1, 0.15) is 6.61 Å². The van der Waals surface area contributed by atoms with Crippen LogP contribution in [0.25, 0.3) is 0 Å². The smallest absolute Gasteiger partial charge is 0.248 e. The fourth-order valence-corrected chi connectivity index (χ4v) is 4.02. The Balaban J connectivity index is 2.03. The summed E-state index contributed by atoms with van der Waals surface area (Å²) in [5, 5.41) is 8.87. The van der Waals surface area contributed by atoms with Crippen LogP contribution in [0, 0.1) is 0 Å². The lowest BCUT2D eigenvalue weighted by atomic mass is 10.1. The Morgan fingerprint density at radius 2 is 1.86 bits per heavy atom. The highest BCUT2D eigenvalue weighted by Gasteiger charge is 2.31. The molecule has 1 aromatic carbocycles. The normalized spacial score (nSPS) is 17.6. The van der Waals surface area contributed by atoms with Gasteiger partial charge < -0.3 is 10.0 Å². The summed E-state index contributed by atoms with van der Waals surface area (Å²) in [6.45, 7) is 0.245. The average Bonchev–Trinajstić information content (AvgIpc) is 2.54. The number of aliphatic hydroxyl groups excluding tert-OH is 1. The van der Waals surface area contributed by atoms with Crippen LogP contribution in [0.2, 0.25) is 0 Å². The van der Waals surface area contributed by atoms with Crippen LogP contribution < -0.4 is 0 Å². The van der Waals surface area contributed by atoms with Crippen LogP contribution in [0.5, 0.6) is 0 Å². The van der Waals surface area contributed by atoms with Crippen molar-refractivity contribution in [2.45, 2.75) is 23.8 Å². The summed E-state index contributed by atoms with van der Waals surface area (Å²) in [5.41, 5.74) is 0. The molecular formula is C14H20N2O4S. The van der Waals surface area contributed by atoms with Gasteiger partial charge >= 0.3 is 0 Å². The topological polar surface area (TPSA) is 77.9 Å². The van der Waals surface area contributed by atoms with Gasteiger partial charge in [0.2, 0.25) is 15.9 Å². The molecule has 6 nitrogen and oxygen atoms in total. The maximum absolute atomic E-state index is 12.5. The molecule has 1 aliphatic heterocycles. The van der Waals surface area contributed by atoms with Crippen molar-refractivity contribution in [3.63, 3.8) is 0 Å².